The number of ether oxygens (including phenoxy) is 1. The lowest BCUT2D eigenvalue weighted by atomic mass is 9.98. The maximum atomic E-state index is 11.4. The largest absolute Gasteiger partial charge is 0.465 e. The van der Waals surface area contributed by atoms with Crippen LogP contribution in [0.4, 0.5) is 5.69 Å². The number of hydrogen-bond donors (Lipinski definition) is 1. The van der Waals surface area contributed by atoms with Crippen molar-refractivity contribution in [2.45, 2.75) is 6.92 Å². The number of carbonyl (C=O) groups is 1. The summed E-state index contributed by atoms with van der Waals surface area (Å²) in [4.78, 5) is 11.4. The molecule has 0 bridgehead atoms. The van der Waals surface area contributed by atoms with Crippen LogP contribution in [0.25, 0.3) is 11.1 Å². The van der Waals surface area contributed by atoms with Gasteiger partial charge in [-0.25, -0.2) is 4.79 Å². The smallest absolute Gasteiger partial charge is 0.337 e. The SMILES string of the molecule is COC(=O)c1ccc(-c2cccc(N)c2)c(C)c1. The molecule has 0 saturated carbocycles. The van der Waals surface area contributed by atoms with Crippen molar-refractivity contribution < 1.29 is 9.53 Å². The fraction of sp³-hybridized carbons (Fsp3) is 0.133. The van der Waals surface area contributed by atoms with Gasteiger partial charge in [-0.3, -0.25) is 0 Å². The molecule has 0 aliphatic carbocycles. The average Bonchev–Trinajstić information content (AvgIpc) is 2.37. The van der Waals surface area contributed by atoms with Gasteiger partial charge in [-0.05, 0) is 47.9 Å². The van der Waals surface area contributed by atoms with Crippen molar-refractivity contribution in [1.82, 2.24) is 0 Å². The number of carbonyl (C=O) groups excluding carboxylic acids is 1. The summed E-state index contributed by atoms with van der Waals surface area (Å²) in [5.41, 5.74) is 10.2. The van der Waals surface area contributed by atoms with E-state index in [0.29, 0.717) is 5.56 Å². The monoisotopic (exact) mass is 241 g/mol. The third-order valence-electron chi connectivity index (χ3n) is 2.85. The molecule has 0 atom stereocenters. The number of esters is 1. The first-order valence-corrected chi connectivity index (χ1v) is 5.66. The first-order chi connectivity index (χ1) is 8.61. The molecule has 0 amide bonds. The quantitative estimate of drug-likeness (QED) is 0.649. The van der Waals surface area contributed by atoms with E-state index in [1.165, 1.54) is 7.11 Å². The highest BCUT2D eigenvalue weighted by Gasteiger charge is 2.08. The summed E-state index contributed by atoms with van der Waals surface area (Å²) in [5.74, 6) is -0.322. The third kappa shape index (κ3) is 2.35. The van der Waals surface area contributed by atoms with Crippen molar-refractivity contribution in [3.05, 3.63) is 53.6 Å². The van der Waals surface area contributed by atoms with Crippen molar-refractivity contribution in [2.75, 3.05) is 12.8 Å². The van der Waals surface area contributed by atoms with Crippen molar-refractivity contribution >= 4 is 11.7 Å². The normalized spacial score (nSPS) is 10.1. The van der Waals surface area contributed by atoms with E-state index in [-0.39, 0.29) is 5.97 Å². The maximum absolute atomic E-state index is 11.4. The van der Waals surface area contributed by atoms with Crippen LogP contribution in [0.3, 0.4) is 0 Å². The molecule has 2 aromatic carbocycles. The molecule has 0 fully saturated rings. The molecule has 0 aliphatic rings. The molecule has 0 radical (unpaired) electrons. The minimum absolute atomic E-state index is 0.322. The summed E-state index contributed by atoms with van der Waals surface area (Å²) in [6.07, 6.45) is 0. The van der Waals surface area contributed by atoms with Crippen LogP contribution in [-0.4, -0.2) is 13.1 Å². The molecule has 2 aromatic rings. The van der Waals surface area contributed by atoms with Gasteiger partial charge >= 0.3 is 5.97 Å². The van der Waals surface area contributed by atoms with Gasteiger partial charge in [-0.15, -0.1) is 0 Å². The Balaban J connectivity index is 2.45. The van der Waals surface area contributed by atoms with Crippen LogP contribution in [0.15, 0.2) is 42.5 Å². The molecule has 0 aromatic heterocycles. The van der Waals surface area contributed by atoms with Crippen LogP contribution < -0.4 is 5.73 Å². The lowest BCUT2D eigenvalue weighted by Crippen LogP contribution is -2.01. The van der Waals surface area contributed by atoms with Gasteiger partial charge in [-0.1, -0.05) is 18.2 Å². The first kappa shape index (κ1) is 12.2. The molecule has 0 aliphatic heterocycles. The van der Waals surface area contributed by atoms with E-state index in [1.54, 1.807) is 6.07 Å². The van der Waals surface area contributed by atoms with Gasteiger partial charge in [0.15, 0.2) is 0 Å². The van der Waals surface area contributed by atoms with Crippen molar-refractivity contribution in [3.63, 3.8) is 0 Å². The highest BCUT2D eigenvalue weighted by Crippen LogP contribution is 2.25. The fourth-order valence-electron chi connectivity index (χ4n) is 1.94. The number of nitrogen functional groups attached to an aromatic ring is 1. The van der Waals surface area contributed by atoms with Crippen LogP contribution >= 0.6 is 0 Å². The molecule has 0 unspecified atom stereocenters. The first-order valence-electron chi connectivity index (χ1n) is 5.66. The van der Waals surface area contributed by atoms with E-state index in [4.69, 9.17) is 10.5 Å². The molecular formula is C15H15NO2. The van der Waals surface area contributed by atoms with Crippen LogP contribution in [0.1, 0.15) is 15.9 Å². The molecule has 2 rings (SSSR count). The highest BCUT2D eigenvalue weighted by atomic mass is 16.5. The minimum Gasteiger partial charge on any atom is -0.465 e. The average molecular weight is 241 g/mol. The van der Waals surface area contributed by atoms with E-state index < -0.39 is 0 Å². The van der Waals surface area contributed by atoms with Gasteiger partial charge in [0.25, 0.3) is 0 Å². The van der Waals surface area contributed by atoms with E-state index in [2.05, 4.69) is 0 Å². The molecule has 3 nitrogen and oxygen atoms in total. The lowest BCUT2D eigenvalue weighted by molar-refractivity contribution is 0.0600. The zero-order valence-corrected chi connectivity index (χ0v) is 10.4. The van der Waals surface area contributed by atoms with Gasteiger partial charge in [0.2, 0.25) is 0 Å². The molecule has 0 spiro atoms. The Bertz CT molecular complexity index is 591. The predicted octanol–water partition coefficient (Wildman–Crippen LogP) is 3.03. The van der Waals surface area contributed by atoms with Crippen molar-refractivity contribution in [1.29, 1.82) is 0 Å². The number of rotatable bonds is 2. The Hall–Kier alpha value is -2.29. The van der Waals surface area contributed by atoms with Crippen LogP contribution in [0.5, 0.6) is 0 Å². The number of anilines is 1. The summed E-state index contributed by atoms with van der Waals surface area (Å²) >= 11 is 0. The summed E-state index contributed by atoms with van der Waals surface area (Å²) < 4.78 is 4.70. The Kier molecular flexibility index (Phi) is 3.33. The van der Waals surface area contributed by atoms with E-state index in [0.717, 1.165) is 22.4 Å². The van der Waals surface area contributed by atoms with Gasteiger partial charge in [0, 0.05) is 5.69 Å². The fourth-order valence-corrected chi connectivity index (χ4v) is 1.94. The predicted molar refractivity (Wildman–Crippen MR) is 72.4 cm³/mol. The Morgan fingerprint density at radius 1 is 1.17 bits per heavy atom. The molecule has 2 N–H and O–H groups in total. The molecule has 18 heavy (non-hydrogen) atoms. The number of methoxy groups -OCH3 is 1. The standard InChI is InChI=1S/C15H15NO2/c1-10-8-12(15(17)18-2)6-7-14(10)11-4-3-5-13(16)9-11/h3-9H,16H2,1-2H3. The van der Waals surface area contributed by atoms with Gasteiger partial charge in [-0.2, -0.15) is 0 Å². The maximum Gasteiger partial charge on any atom is 0.337 e. The molecular weight excluding hydrogens is 226 g/mol. The molecule has 0 saturated heterocycles. The van der Waals surface area contributed by atoms with Crippen molar-refractivity contribution in [3.8, 4) is 11.1 Å². The second-order valence-corrected chi connectivity index (χ2v) is 4.15. The number of nitrogens with two attached hydrogens (primary N) is 1. The molecule has 3 heteroatoms. The summed E-state index contributed by atoms with van der Waals surface area (Å²) in [6.45, 7) is 1.96. The Labute approximate surface area is 106 Å². The number of hydrogen-bond acceptors (Lipinski definition) is 3. The lowest BCUT2D eigenvalue weighted by Gasteiger charge is -2.08. The summed E-state index contributed by atoms with van der Waals surface area (Å²) in [7, 11) is 1.38. The zero-order valence-electron chi connectivity index (χ0n) is 10.4. The third-order valence-corrected chi connectivity index (χ3v) is 2.85. The van der Waals surface area contributed by atoms with Crippen LogP contribution in [0, 0.1) is 6.92 Å². The molecule has 92 valence electrons. The van der Waals surface area contributed by atoms with E-state index in [1.807, 2.05) is 43.3 Å². The Morgan fingerprint density at radius 3 is 2.56 bits per heavy atom. The second-order valence-electron chi connectivity index (χ2n) is 4.15. The van der Waals surface area contributed by atoms with Gasteiger partial charge in [0.05, 0.1) is 12.7 Å². The minimum atomic E-state index is -0.322. The van der Waals surface area contributed by atoms with E-state index >= 15 is 0 Å². The van der Waals surface area contributed by atoms with Gasteiger partial charge in [0.1, 0.15) is 0 Å². The summed E-state index contributed by atoms with van der Waals surface area (Å²) in [5, 5.41) is 0. The second kappa shape index (κ2) is 4.92. The van der Waals surface area contributed by atoms with Crippen molar-refractivity contribution in [2.24, 2.45) is 0 Å². The van der Waals surface area contributed by atoms with Crippen LogP contribution in [-0.2, 0) is 4.74 Å². The van der Waals surface area contributed by atoms with E-state index in [9.17, 15) is 4.79 Å². The number of benzene rings is 2. The zero-order chi connectivity index (χ0) is 13.1. The molecule has 0 heterocycles. The Morgan fingerprint density at radius 2 is 1.94 bits per heavy atom. The number of aryl methyl sites for hydroxylation is 1. The summed E-state index contributed by atoms with van der Waals surface area (Å²) in [6, 6.07) is 13.2. The highest BCUT2D eigenvalue weighted by molar-refractivity contribution is 5.90. The topological polar surface area (TPSA) is 52.3 Å². The van der Waals surface area contributed by atoms with Crippen LogP contribution in [0.2, 0.25) is 0 Å². The van der Waals surface area contributed by atoms with Gasteiger partial charge < -0.3 is 10.5 Å².